The summed E-state index contributed by atoms with van der Waals surface area (Å²) in [6, 6.07) is 6.45. The Hall–Kier alpha value is -1.88. The normalized spacial score (nSPS) is 11.4. The third-order valence-corrected chi connectivity index (χ3v) is 3.70. The number of nitrogens with zero attached hydrogens (tertiary/aromatic N) is 2. The number of pyridine rings is 1. The Morgan fingerprint density at radius 2 is 2.21 bits per heavy atom. The van der Waals surface area contributed by atoms with E-state index < -0.39 is 0 Å². The largest absolute Gasteiger partial charge is 0.380 e. The number of hydrogen-bond acceptors (Lipinski definition) is 5. The van der Waals surface area contributed by atoms with Crippen LogP contribution in [0.4, 0.5) is 5.69 Å². The average Bonchev–Trinajstić information content (AvgIpc) is 2.99. The molecule has 0 saturated heterocycles. The molecule has 0 aromatic carbocycles. The molecule has 0 aliphatic rings. The van der Waals surface area contributed by atoms with Gasteiger partial charge in [0, 0.05) is 6.04 Å². The van der Waals surface area contributed by atoms with Gasteiger partial charge in [0.15, 0.2) is 0 Å². The van der Waals surface area contributed by atoms with Crippen molar-refractivity contribution in [3.8, 4) is 10.6 Å². The molecule has 19 heavy (non-hydrogen) atoms. The number of fused-ring (bicyclic) bond motifs is 1. The summed E-state index contributed by atoms with van der Waals surface area (Å²) in [5.41, 5.74) is 4.28. The lowest BCUT2D eigenvalue weighted by molar-refractivity contribution is 0.451. The number of aryl methyl sites for hydroxylation is 1. The molecule has 3 aromatic heterocycles. The summed E-state index contributed by atoms with van der Waals surface area (Å²) in [7, 11) is 0. The molecule has 0 saturated carbocycles. The van der Waals surface area contributed by atoms with Crippen molar-refractivity contribution in [3.63, 3.8) is 0 Å². The van der Waals surface area contributed by atoms with E-state index in [0.717, 1.165) is 33.1 Å². The molecule has 0 spiro atoms. The third kappa shape index (κ3) is 2.21. The van der Waals surface area contributed by atoms with Crippen LogP contribution in [0, 0.1) is 6.92 Å². The van der Waals surface area contributed by atoms with Gasteiger partial charge >= 0.3 is 0 Å². The molecule has 0 aliphatic carbocycles. The van der Waals surface area contributed by atoms with Gasteiger partial charge in [-0.2, -0.15) is 0 Å². The van der Waals surface area contributed by atoms with Crippen LogP contribution in [0.1, 0.15) is 19.5 Å². The molecule has 0 aliphatic heterocycles. The van der Waals surface area contributed by atoms with E-state index in [1.54, 1.807) is 11.3 Å². The Bertz CT molecular complexity index is 701. The summed E-state index contributed by atoms with van der Waals surface area (Å²) >= 11 is 1.68. The van der Waals surface area contributed by atoms with Crippen molar-refractivity contribution in [2.75, 3.05) is 5.32 Å². The maximum absolute atomic E-state index is 5.38. The van der Waals surface area contributed by atoms with Gasteiger partial charge in [0.1, 0.15) is 11.2 Å². The van der Waals surface area contributed by atoms with Crippen LogP contribution in [0.15, 0.2) is 28.1 Å². The van der Waals surface area contributed by atoms with E-state index in [-0.39, 0.29) is 0 Å². The van der Waals surface area contributed by atoms with Gasteiger partial charge in [-0.1, -0.05) is 11.2 Å². The maximum Gasteiger partial charge on any atom is 0.208 e. The van der Waals surface area contributed by atoms with Crippen molar-refractivity contribution in [1.82, 2.24) is 10.1 Å². The zero-order valence-corrected chi connectivity index (χ0v) is 11.9. The van der Waals surface area contributed by atoms with E-state index in [1.165, 1.54) is 0 Å². The minimum atomic E-state index is 0.326. The van der Waals surface area contributed by atoms with Crippen molar-refractivity contribution >= 4 is 28.1 Å². The first kappa shape index (κ1) is 12.2. The topological polar surface area (TPSA) is 51.0 Å². The Labute approximate surface area is 115 Å². The van der Waals surface area contributed by atoms with Gasteiger partial charge in [-0.15, -0.1) is 11.3 Å². The summed E-state index contributed by atoms with van der Waals surface area (Å²) in [5, 5.41) is 9.46. The molecule has 0 radical (unpaired) electrons. The summed E-state index contributed by atoms with van der Waals surface area (Å²) in [6.07, 6.45) is 0. The third-order valence-electron chi connectivity index (χ3n) is 2.81. The van der Waals surface area contributed by atoms with Crippen molar-refractivity contribution in [3.05, 3.63) is 29.3 Å². The fourth-order valence-corrected chi connectivity index (χ4v) is 2.68. The molecule has 0 amide bonds. The van der Waals surface area contributed by atoms with Crippen LogP contribution in [0.5, 0.6) is 0 Å². The molecule has 4 nitrogen and oxygen atoms in total. The van der Waals surface area contributed by atoms with Crippen LogP contribution in [-0.2, 0) is 0 Å². The molecule has 98 valence electrons. The first-order valence-corrected chi connectivity index (χ1v) is 7.10. The molecule has 3 heterocycles. The highest BCUT2D eigenvalue weighted by atomic mass is 32.1. The molecule has 0 bridgehead atoms. The highest BCUT2D eigenvalue weighted by Gasteiger charge is 2.15. The number of thiophene rings is 1. The lowest BCUT2D eigenvalue weighted by Gasteiger charge is -2.10. The Morgan fingerprint density at radius 1 is 1.37 bits per heavy atom. The highest BCUT2D eigenvalue weighted by Crippen LogP contribution is 2.32. The Kier molecular flexibility index (Phi) is 2.98. The SMILES string of the molecule is Cc1noc2c(NC(C)C)cc(-c3cccs3)nc12. The van der Waals surface area contributed by atoms with Crippen LogP contribution >= 0.6 is 11.3 Å². The van der Waals surface area contributed by atoms with Crippen LogP contribution in [0.3, 0.4) is 0 Å². The van der Waals surface area contributed by atoms with Crippen LogP contribution < -0.4 is 5.32 Å². The van der Waals surface area contributed by atoms with Crippen molar-refractivity contribution in [1.29, 1.82) is 0 Å². The van der Waals surface area contributed by atoms with Gasteiger partial charge in [-0.05, 0) is 38.3 Å². The van der Waals surface area contributed by atoms with E-state index in [1.807, 2.05) is 19.1 Å². The molecule has 0 fully saturated rings. The number of anilines is 1. The number of nitrogens with one attached hydrogen (secondary N) is 1. The van der Waals surface area contributed by atoms with Crippen LogP contribution in [-0.4, -0.2) is 16.2 Å². The van der Waals surface area contributed by atoms with Crippen molar-refractivity contribution in [2.45, 2.75) is 26.8 Å². The molecule has 3 aromatic rings. The molecule has 5 heteroatoms. The highest BCUT2D eigenvalue weighted by molar-refractivity contribution is 7.13. The fraction of sp³-hybridized carbons (Fsp3) is 0.286. The minimum absolute atomic E-state index is 0.326. The number of rotatable bonds is 3. The summed E-state index contributed by atoms with van der Waals surface area (Å²) in [6.45, 7) is 6.11. The second-order valence-corrected chi connectivity index (χ2v) is 5.72. The zero-order chi connectivity index (χ0) is 13.4. The zero-order valence-electron chi connectivity index (χ0n) is 11.1. The van der Waals surface area contributed by atoms with E-state index in [0.29, 0.717) is 6.04 Å². The Balaban J connectivity index is 2.22. The molecule has 1 N–H and O–H groups in total. The fourth-order valence-electron chi connectivity index (χ4n) is 2.00. The van der Waals surface area contributed by atoms with Gasteiger partial charge in [0.2, 0.25) is 5.58 Å². The molecular formula is C14H15N3OS. The number of hydrogen-bond donors (Lipinski definition) is 1. The van der Waals surface area contributed by atoms with Crippen molar-refractivity contribution < 1.29 is 4.52 Å². The van der Waals surface area contributed by atoms with Gasteiger partial charge in [-0.25, -0.2) is 4.98 Å². The van der Waals surface area contributed by atoms with Crippen LogP contribution in [0.2, 0.25) is 0 Å². The van der Waals surface area contributed by atoms with Gasteiger partial charge in [0.05, 0.1) is 16.3 Å². The smallest absolute Gasteiger partial charge is 0.208 e. The molecular weight excluding hydrogens is 258 g/mol. The van der Waals surface area contributed by atoms with Gasteiger partial charge < -0.3 is 9.84 Å². The quantitative estimate of drug-likeness (QED) is 0.781. The summed E-state index contributed by atoms with van der Waals surface area (Å²) in [5.74, 6) is 0. The lowest BCUT2D eigenvalue weighted by Crippen LogP contribution is -2.10. The lowest BCUT2D eigenvalue weighted by atomic mass is 10.2. The minimum Gasteiger partial charge on any atom is -0.380 e. The second kappa shape index (κ2) is 4.66. The van der Waals surface area contributed by atoms with E-state index in [9.17, 15) is 0 Å². The Morgan fingerprint density at radius 3 is 2.89 bits per heavy atom. The first-order chi connectivity index (χ1) is 9.15. The average molecular weight is 273 g/mol. The van der Waals surface area contributed by atoms with Crippen molar-refractivity contribution in [2.24, 2.45) is 0 Å². The summed E-state index contributed by atoms with van der Waals surface area (Å²) < 4.78 is 5.38. The van der Waals surface area contributed by atoms with E-state index in [4.69, 9.17) is 4.52 Å². The second-order valence-electron chi connectivity index (χ2n) is 4.78. The van der Waals surface area contributed by atoms with E-state index >= 15 is 0 Å². The van der Waals surface area contributed by atoms with Gasteiger partial charge in [0.25, 0.3) is 0 Å². The number of aromatic nitrogens is 2. The predicted molar refractivity (Wildman–Crippen MR) is 78.6 cm³/mol. The standard InChI is InChI=1S/C14H15N3OS/c1-8(2)15-11-7-10(12-5-4-6-19-12)16-13-9(3)17-18-14(11)13/h4-8H,1-3H3,(H,15,16). The van der Waals surface area contributed by atoms with E-state index in [2.05, 4.69) is 40.8 Å². The monoisotopic (exact) mass is 273 g/mol. The van der Waals surface area contributed by atoms with Crippen LogP contribution in [0.25, 0.3) is 21.7 Å². The predicted octanol–water partition coefficient (Wildman–Crippen LogP) is 4.08. The molecule has 0 atom stereocenters. The maximum atomic E-state index is 5.38. The van der Waals surface area contributed by atoms with Gasteiger partial charge in [-0.3, -0.25) is 0 Å². The first-order valence-electron chi connectivity index (χ1n) is 6.22. The molecule has 3 rings (SSSR count). The molecule has 0 unspecified atom stereocenters. The summed E-state index contributed by atoms with van der Waals surface area (Å²) in [4.78, 5) is 5.81.